The van der Waals surface area contributed by atoms with Gasteiger partial charge in [0.25, 0.3) is 0 Å². The molecule has 0 bridgehead atoms. The Morgan fingerprint density at radius 3 is 3.07 bits per heavy atom. The lowest BCUT2D eigenvalue weighted by Gasteiger charge is -1.92. The highest BCUT2D eigenvalue weighted by Crippen LogP contribution is 2.10. The molecule has 2 aromatic heterocycles. The number of aromatic nitrogens is 3. The molecule has 0 atom stereocenters. The highest BCUT2D eigenvalue weighted by atomic mass is 16.5. The third-order valence-corrected chi connectivity index (χ3v) is 1.96. The minimum absolute atomic E-state index is 0.488. The number of hydrogen-bond acceptors (Lipinski definition) is 4. The number of fused-ring (bicyclic) bond motifs is 1. The number of aromatic amines is 1. The second-order valence-corrected chi connectivity index (χ2v) is 3.03. The molecular formula is C9H12N4O. The lowest BCUT2D eigenvalue weighted by molar-refractivity contribution is 0.201. The van der Waals surface area contributed by atoms with Crippen molar-refractivity contribution in [1.29, 1.82) is 0 Å². The van der Waals surface area contributed by atoms with Gasteiger partial charge >= 0.3 is 0 Å². The Morgan fingerprint density at radius 1 is 1.43 bits per heavy atom. The number of nitrogens with zero attached hydrogens (tertiary/aromatic N) is 2. The number of hydrogen-bond donors (Lipinski definition) is 2. The van der Waals surface area contributed by atoms with Gasteiger partial charge in [-0.15, -0.1) is 0 Å². The van der Waals surface area contributed by atoms with Crippen molar-refractivity contribution in [3.63, 3.8) is 0 Å². The molecule has 0 fully saturated rings. The summed E-state index contributed by atoms with van der Waals surface area (Å²) in [7, 11) is 1.67. The molecule has 0 radical (unpaired) electrons. The first-order valence-corrected chi connectivity index (χ1v) is 4.39. The van der Waals surface area contributed by atoms with Crippen LogP contribution in [-0.4, -0.2) is 28.7 Å². The number of H-pyrrole nitrogens is 1. The molecule has 2 aromatic rings. The number of rotatable bonds is 3. The predicted octanol–water partition coefficient (Wildman–Crippen LogP) is 0.729. The van der Waals surface area contributed by atoms with E-state index in [1.165, 1.54) is 0 Å². The zero-order chi connectivity index (χ0) is 9.97. The monoisotopic (exact) mass is 192 g/mol. The van der Waals surface area contributed by atoms with Gasteiger partial charge in [-0.2, -0.15) is 0 Å². The molecule has 5 heteroatoms. The molecule has 0 saturated carbocycles. The van der Waals surface area contributed by atoms with Gasteiger partial charge in [0.15, 0.2) is 5.65 Å². The van der Waals surface area contributed by atoms with Crippen molar-refractivity contribution >= 4 is 17.0 Å². The molecular weight excluding hydrogens is 180 g/mol. The highest BCUT2D eigenvalue weighted by molar-refractivity contribution is 5.72. The molecule has 0 spiro atoms. The maximum Gasteiger partial charge on any atom is 0.179 e. The molecule has 0 aliphatic carbocycles. The summed E-state index contributed by atoms with van der Waals surface area (Å²) in [6, 6.07) is 3.63. The van der Waals surface area contributed by atoms with Gasteiger partial charge in [-0.1, -0.05) is 0 Å². The van der Waals surface area contributed by atoms with Crippen LogP contribution in [0.25, 0.3) is 11.2 Å². The Hall–Kier alpha value is -1.62. The fraction of sp³-hybridized carbons (Fsp3) is 0.333. The number of imidazole rings is 1. The van der Waals surface area contributed by atoms with Crippen LogP contribution in [0, 0.1) is 0 Å². The Kier molecular flexibility index (Phi) is 2.32. The van der Waals surface area contributed by atoms with Gasteiger partial charge in [-0.25, -0.2) is 9.97 Å². The van der Waals surface area contributed by atoms with Crippen molar-refractivity contribution in [3.8, 4) is 0 Å². The number of methoxy groups -OCH3 is 1. The average Bonchev–Trinajstić information content (AvgIpc) is 2.56. The minimum atomic E-state index is 0.488. The number of nitrogens with two attached hydrogens (primary N) is 1. The van der Waals surface area contributed by atoms with E-state index in [2.05, 4.69) is 15.0 Å². The van der Waals surface area contributed by atoms with E-state index < -0.39 is 0 Å². The first-order chi connectivity index (χ1) is 6.79. The summed E-state index contributed by atoms with van der Waals surface area (Å²) in [6.45, 7) is 0.648. The average molecular weight is 192 g/mol. The summed E-state index contributed by atoms with van der Waals surface area (Å²) >= 11 is 0. The number of nitrogen functional groups attached to an aromatic ring is 1. The topological polar surface area (TPSA) is 76.8 Å². The maximum absolute atomic E-state index is 5.54. The van der Waals surface area contributed by atoms with E-state index in [9.17, 15) is 0 Å². The number of pyridine rings is 1. The van der Waals surface area contributed by atoms with Crippen molar-refractivity contribution in [3.05, 3.63) is 18.0 Å². The highest BCUT2D eigenvalue weighted by Gasteiger charge is 2.03. The first-order valence-electron chi connectivity index (χ1n) is 4.39. The zero-order valence-electron chi connectivity index (χ0n) is 7.95. The van der Waals surface area contributed by atoms with Crippen molar-refractivity contribution in [2.24, 2.45) is 0 Å². The number of nitrogens with one attached hydrogen (secondary N) is 1. The van der Waals surface area contributed by atoms with E-state index in [1.807, 2.05) is 6.07 Å². The predicted molar refractivity (Wildman–Crippen MR) is 53.9 cm³/mol. The van der Waals surface area contributed by atoms with Gasteiger partial charge < -0.3 is 15.5 Å². The third-order valence-electron chi connectivity index (χ3n) is 1.96. The van der Waals surface area contributed by atoms with Gasteiger partial charge in [0, 0.05) is 13.5 Å². The quantitative estimate of drug-likeness (QED) is 0.751. The summed E-state index contributed by atoms with van der Waals surface area (Å²) in [6.07, 6.45) is 0.757. The SMILES string of the molecule is COCCc1nc2nc(N)ccc2[nH]1. The largest absolute Gasteiger partial charge is 0.384 e. The first kappa shape index (κ1) is 8.96. The van der Waals surface area contributed by atoms with Gasteiger partial charge in [0.1, 0.15) is 11.6 Å². The van der Waals surface area contributed by atoms with E-state index in [0.29, 0.717) is 18.1 Å². The van der Waals surface area contributed by atoms with Crippen molar-refractivity contribution in [1.82, 2.24) is 15.0 Å². The molecule has 0 saturated heterocycles. The molecule has 3 N–H and O–H groups in total. The van der Waals surface area contributed by atoms with Gasteiger partial charge in [-0.05, 0) is 12.1 Å². The fourth-order valence-corrected chi connectivity index (χ4v) is 1.27. The summed E-state index contributed by atoms with van der Waals surface area (Å²) in [4.78, 5) is 11.5. The Labute approximate surface area is 81.3 Å². The molecule has 0 unspecified atom stereocenters. The molecule has 0 amide bonds. The summed E-state index contributed by atoms with van der Waals surface area (Å²) in [5.74, 6) is 1.36. The number of ether oxygens (including phenoxy) is 1. The minimum Gasteiger partial charge on any atom is -0.384 e. The van der Waals surface area contributed by atoms with Gasteiger partial charge in [-0.3, -0.25) is 0 Å². The molecule has 74 valence electrons. The summed E-state index contributed by atoms with van der Waals surface area (Å²) in [5.41, 5.74) is 7.11. The normalized spacial score (nSPS) is 10.9. The molecule has 0 aliphatic rings. The van der Waals surface area contributed by atoms with Crippen molar-refractivity contribution in [2.75, 3.05) is 19.5 Å². The lowest BCUT2D eigenvalue weighted by Crippen LogP contribution is -1.95. The fourth-order valence-electron chi connectivity index (χ4n) is 1.27. The van der Waals surface area contributed by atoms with Crippen LogP contribution < -0.4 is 5.73 Å². The van der Waals surface area contributed by atoms with E-state index in [1.54, 1.807) is 13.2 Å². The van der Waals surface area contributed by atoms with E-state index in [0.717, 1.165) is 17.8 Å². The van der Waals surface area contributed by atoms with E-state index in [4.69, 9.17) is 10.5 Å². The molecule has 0 aromatic carbocycles. The van der Waals surface area contributed by atoms with Crippen molar-refractivity contribution < 1.29 is 4.74 Å². The summed E-state index contributed by atoms with van der Waals surface area (Å²) in [5, 5.41) is 0. The van der Waals surface area contributed by atoms with Gasteiger partial charge in [0.05, 0.1) is 12.1 Å². The Morgan fingerprint density at radius 2 is 2.29 bits per heavy atom. The van der Waals surface area contributed by atoms with E-state index in [-0.39, 0.29) is 0 Å². The Bertz CT molecular complexity index is 437. The zero-order valence-corrected chi connectivity index (χ0v) is 7.95. The van der Waals surface area contributed by atoms with Crippen LogP contribution in [0.5, 0.6) is 0 Å². The lowest BCUT2D eigenvalue weighted by atomic mass is 10.4. The third kappa shape index (κ3) is 1.67. The molecule has 14 heavy (non-hydrogen) atoms. The summed E-state index contributed by atoms with van der Waals surface area (Å²) < 4.78 is 4.96. The Balaban J connectivity index is 2.32. The second-order valence-electron chi connectivity index (χ2n) is 3.03. The molecule has 2 heterocycles. The second kappa shape index (κ2) is 3.63. The maximum atomic E-state index is 5.54. The van der Waals surface area contributed by atoms with Crippen LogP contribution in [-0.2, 0) is 11.2 Å². The number of anilines is 1. The molecule has 2 rings (SSSR count). The van der Waals surface area contributed by atoms with Gasteiger partial charge in [0.2, 0.25) is 0 Å². The van der Waals surface area contributed by atoms with Crippen LogP contribution in [0.1, 0.15) is 5.82 Å². The standard InChI is InChI=1S/C9H12N4O/c1-14-5-4-8-11-6-2-3-7(10)12-9(6)13-8/h2-3H,4-5H2,1H3,(H3,10,11,12,13). The van der Waals surface area contributed by atoms with Crippen LogP contribution in [0.3, 0.4) is 0 Å². The van der Waals surface area contributed by atoms with Crippen LogP contribution in [0.4, 0.5) is 5.82 Å². The molecule has 0 aliphatic heterocycles. The smallest absolute Gasteiger partial charge is 0.179 e. The molecule has 5 nitrogen and oxygen atoms in total. The van der Waals surface area contributed by atoms with Crippen LogP contribution in [0.15, 0.2) is 12.1 Å². The van der Waals surface area contributed by atoms with E-state index >= 15 is 0 Å². The van der Waals surface area contributed by atoms with Crippen LogP contribution in [0.2, 0.25) is 0 Å². The van der Waals surface area contributed by atoms with Crippen molar-refractivity contribution in [2.45, 2.75) is 6.42 Å². The van der Waals surface area contributed by atoms with Crippen LogP contribution >= 0.6 is 0 Å².